The quantitative estimate of drug-likeness (QED) is 0.666. The van der Waals surface area contributed by atoms with Gasteiger partial charge in [-0.25, -0.2) is 18.7 Å². The number of esters is 2. The molecule has 0 radical (unpaired) electrons. The lowest BCUT2D eigenvalue weighted by molar-refractivity contribution is -0.138. The largest absolute Gasteiger partial charge is 0.466 e. The van der Waals surface area contributed by atoms with Crippen LogP contribution in [0.1, 0.15) is 0 Å². The number of benzene rings is 1. The number of hydrogen-bond donors (Lipinski definition) is 1. The van der Waals surface area contributed by atoms with E-state index >= 15 is 0 Å². The molecule has 0 aliphatic heterocycles. The van der Waals surface area contributed by atoms with E-state index in [1.54, 1.807) is 18.5 Å². The molecule has 0 aliphatic carbocycles. The second kappa shape index (κ2) is 7.21. The molecule has 0 amide bonds. The minimum atomic E-state index is -0.800. The average Bonchev–Trinajstić information content (AvgIpc) is 3.07. The van der Waals surface area contributed by atoms with E-state index in [-0.39, 0.29) is 11.4 Å². The number of aromatic nitrogens is 2. The number of nitrogens with zero attached hydrogens (tertiary/aromatic N) is 2. The molecule has 0 saturated carbocycles. The molecule has 0 unspecified atom stereocenters. The molecule has 0 bridgehead atoms. The third-order valence-corrected chi connectivity index (χ3v) is 2.85. The molecule has 2 rings (SSSR count). The van der Waals surface area contributed by atoms with Crippen molar-refractivity contribution in [1.29, 1.82) is 0 Å². The van der Waals surface area contributed by atoms with Gasteiger partial charge in [-0.3, -0.25) is 0 Å². The van der Waals surface area contributed by atoms with E-state index < -0.39 is 17.8 Å². The molecule has 1 N–H and O–H groups in total. The second-order valence-electron chi connectivity index (χ2n) is 4.31. The van der Waals surface area contributed by atoms with E-state index in [4.69, 9.17) is 0 Å². The van der Waals surface area contributed by atoms with Crippen LogP contribution in [0.25, 0.3) is 5.69 Å². The van der Waals surface area contributed by atoms with Gasteiger partial charge in [-0.2, -0.15) is 5.10 Å². The summed E-state index contributed by atoms with van der Waals surface area (Å²) in [6.45, 7) is 0. The lowest BCUT2D eigenvalue weighted by Gasteiger charge is -2.13. The van der Waals surface area contributed by atoms with Crippen molar-refractivity contribution in [2.75, 3.05) is 19.5 Å². The highest BCUT2D eigenvalue weighted by molar-refractivity contribution is 5.99. The number of ether oxygens (including phenoxy) is 2. The van der Waals surface area contributed by atoms with Gasteiger partial charge >= 0.3 is 11.9 Å². The maximum Gasteiger partial charge on any atom is 0.354 e. The van der Waals surface area contributed by atoms with Gasteiger partial charge in [0.25, 0.3) is 0 Å². The fraction of sp³-hybridized carbons (Fsp3) is 0.133. The van der Waals surface area contributed by atoms with Crippen molar-refractivity contribution in [3.63, 3.8) is 0 Å². The first-order valence-electron chi connectivity index (χ1n) is 6.49. The monoisotopic (exact) mass is 319 g/mol. The molecule has 2 aromatic rings. The normalized spacial score (nSPS) is 11.0. The molecule has 1 aromatic heterocycles. The Kier molecular flexibility index (Phi) is 5.08. The van der Waals surface area contributed by atoms with Gasteiger partial charge in [-0.1, -0.05) is 0 Å². The number of nitrogens with one attached hydrogen (secondary N) is 1. The first-order chi connectivity index (χ1) is 11.0. The van der Waals surface area contributed by atoms with E-state index in [1.807, 2.05) is 0 Å². The maximum absolute atomic E-state index is 13.6. The fourth-order valence-electron chi connectivity index (χ4n) is 1.80. The summed E-state index contributed by atoms with van der Waals surface area (Å²) in [5.74, 6) is -2.08. The van der Waals surface area contributed by atoms with Crippen molar-refractivity contribution < 1.29 is 23.5 Å². The van der Waals surface area contributed by atoms with Gasteiger partial charge in [0.2, 0.25) is 0 Å². The van der Waals surface area contributed by atoms with Crippen LogP contribution in [-0.2, 0) is 19.1 Å². The van der Waals surface area contributed by atoms with Crippen molar-refractivity contribution >= 4 is 17.6 Å². The predicted molar refractivity (Wildman–Crippen MR) is 79.3 cm³/mol. The van der Waals surface area contributed by atoms with Gasteiger partial charge in [0.1, 0.15) is 11.5 Å². The number of hydrogen-bond acceptors (Lipinski definition) is 6. The van der Waals surface area contributed by atoms with Crippen molar-refractivity contribution in [2.24, 2.45) is 0 Å². The third kappa shape index (κ3) is 3.94. The van der Waals surface area contributed by atoms with Crippen LogP contribution in [-0.4, -0.2) is 35.9 Å². The van der Waals surface area contributed by atoms with E-state index in [0.717, 1.165) is 13.2 Å². The first kappa shape index (κ1) is 16.2. The van der Waals surface area contributed by atoms with Crippen LogP contribution in [0.2, 0.25) is 0 Å². The molecule has 120 valence electrons. The number of rotatable bonds is 5. The Labute approximate surface area is 131 Å². The average molecular weight is 319 g/mol. The Bertz CT molecular complexity index is 741. The lowest BCUT2D eigenvalue weighted by Crippen LogP contribution is -2.16. The van der Waals surface area contributed by atoms with Crippen LogP contribution < -0.4 is 5.32 Å². The van der Waals surface area contributed by atoms with Crippen molar-refractivity contribution in [2.45, 2.75) is 0 Å². The summed E-state index contributed by atoms with van der Waals surface area (Å²) in [7, 11) is 2.33. The Morgan fingerprint density at radius 2 is 2.09 bits per heavy atom. The van der Waals surface area contributed by atoms with Gasteiger partial charge in [0.15, 0.2) is 0 Å². The molecule has 0 fully saturated rings. The molecule has 0 atom stereocenters. The predicted octanol–water partition coefficient (Wildman–Crippen LogP) is 1.65. The topological polar surface area (TPSA) is 82.5 Å². The number of methoxy groups -OCH3 is 2. The molecule has 23 heavy (non-hydrogen) atoms. The van der Waals surface area contributed by atoms with Gasteiger partial charge in [-0.05, 0) is 24.3 Å². The molecular formula is C15H14FN3O4. The lowest BCUT2D eigenvalue weighted by atomic mass is 10.2. The molecule has 8 heteroatoms. The zero-order valence-electron chi connectivity index (χ0n) is 12.4. The van der Waals surface area contributed by atoms with Crippen LogP contribution in [0, 0.1) is 5.82 Å². The summed E-state index contributed by atoms with van der Waals surface area (Å²) >= 11 is 0. The van der Waals surface area contributed by atoms with Crippen LogP contribution >= 0.6 is 0 Å². The summed E-state index contributed by atoms with van der Waals surface area (Å²) in [5.41, 5.74) is 0.517. The van der Waals surface area contributed by atoms with Crippen molar-refractivity contribution in [3.05, 3.63) is 54.2 Å². The van der Waals surface area contributed by atoms with E-state index in [0.29, 0.717) is 5.69 Å². The third-order valence-electron chi connectivity index (χ3n) is 2.85. The summed E-state index contributed by atoms with van der Waals surface area (Å²) in [6.07, 6.45) is 4.13. The fourth-order valence-corrected chi connectivity index (χ4v) is 1.80. The molecule has 0 aliphatic rings. The molecule has 1 aromatic carbocycles. The minimum Gasteiger partial charge on any atom is -0.466 e. The Morgan fingerprint density at radius 1 is 1.30 bits per heavy atom. The Hall–Kier alpha value is -3.16. The van der Waals surface area contributed by atoms with Crippen LogP contribution in [0.4, 0.5) is 10.1 Å². The highest BCUT2D eigenvalue weighted by atomic mass is 19.1. The number of halogens is 1. The second-order valence-corrected chi connectivity index (χ2v) is 4.31. The van der Waals surface area contributed by atoms with Crippen LogP contribution in [0.3, 0.4) is 0 Å². The Balaban J connectivity index is 2.44. The standard InChI is InChI=1S/C15H14FN3O4/c1-22-14(20)9-12(15(21)23-2)18-11-8-10(16)4-5-13(11)19-7-3-6-17-19/h3-9,18H,1-2H3/b12-9+. The van der Waals surface area contributed by atoms with E-state index in [2.05, 4.69) is 19.9 Å². The maximum atomic E-state index is 13.6. The minimum absolute atomic E-state index is 0.196. The SMILES string of the molecule is COC(=O)/C=C(/Nc1cc(F)ccc1-n1cccn1)C(=O)OC. The van der Waals surface area contributed by atoms with E-state index in [9.17, 15) is 14.0 Å². The highest BCUT2D eigenvalue weighted by Gasteiger charge is 2.16. The zero-order valence-corrected chi connectivity index (χ0v) is 12.4. The highest BCUT2D eigenvalue weighted by Crippen LogP contribution is 2.23. The molecule has 1 heterocycles. The van der Waals surface area contributed by atoms with Crippen molar-refractivity contribution in [3.8, 4) is 5.69 Å². The summed E-state index contributed by atoms with van der Waals surface area (Å²) in [6, 6.07) is 5.60. The van der Waals surface area contributed by atoms with Crippen LogP contribution in [0.5, 0.6) is 0 Å². The number of anilines is 1. The molecule has 7 nitrogen and oxygen atoms in total. The number of carbonyl (C=O) groups excluding carboxylic acids is 2. The van der Waals surface area contributed by atoms with Gasteiger partial charge in [0.05, 0.1) is 31.7 Å². The zero-order chi connectivity index (χ0) is 16.8. The summed E-state index contributed by atoms with van der Waals surface area (Å²) in [4.78, 5) is 23.1. The molecular weight excluding hydrogens is 305 g/mol. The van der Waals surface area contributed by atoms with E-state index in [1.165, 1.54) is 30.0 Å². The number of carbonyl (C=O) groups is 2. The van der Waals surface area contributed by atoms with Gasteiger partial charge in [-0.15, -0.1) is 0 Å². The van der Waals surface area contributed by atoms with Gasteiger partial charge < -0.3 is 14.8 Å². The van der Waals surface area contributed by atoms with Crippen LogP contribution in [0.15, 0.2) is 48.4 Å². The smallest absolute Gasteiger partial charge is 0.354 e. The first-order valence-corrected chi connectivity index (χ1v) is 6.49. The molecule has 0 saturated heterocycles. The summed E-state index contributed by atoms with van der Waals surface area (Å²) in [5, 5.41) is 6.73. The summed E-state index contributed by atoms with van der Waals surface area (Å²) < 4.78 is 24.1. The Morgan fingerprint density at radius 3 is 2.70 bits per heavy atom. The van der Waals surface area contributed by atoms with Gasteiger partial charge in [0, 0.05) is 12.4 Å². The van der Waals surface area contributed by atoms with Crippen molar-refractivity contribution in [1.82, 2.24) is 9.78 Å². The molecule has 0 spiro atoms.